The second-order valence-corrected chi connectivity index (χ2v) is 4.01. The lowest BCUT2D eigenvalue weighted by atomic mass is 9.99. The fraction of sp³-hybridized carbons (Fsp3) is 0.500. The minimum atomic E-state index is 0.524. The van der Waals surface area contributed by atoms with Crippen LogP contribution in [-0.2, 0) is 11.3 Å². The molecule has 0 aliphatic carbocycles. The number of benzene rings is 1. The summed E-state index contributed by atoms with van der Waals surface area (Å²) in [6.45, 7) is 6.53. The van der Waals surface area contributed by atoms with E-state index in [1.807, 2.05) is 20.8 Å². The second-order valence-electron chi connectivity index (χ2n) is 3.63. The van der Waals surface area contributed by atoms with E-state index in [0.29, 0.717) is 6.61 Å². The molecule has 15 heavy (non-hydrogen) atoms. The largest absolute Gasteiger partial charge is 0.496 e. The third kappa shape index (κ3) is 2.11. The van der Waals surface area contributed by atoms with Crippen molar-refractivity contribution in [1.29, 1.82) is 0 Å². The maximum absolute atomic E-state index is 6.24. The smallest absolute Gasteiger partial charge is 0.127 e. The predicted molar refractivity (Wildman–Crippen MR) is 62.9 cm³/mol. The van der Waals surface area contributed by atoms with Crippen LogP contribution in [0.4, 0.5) is 0 Å². The number of rotatable bonds is 3. The topological polar surface area (TPSA) is 18.5 Å². The Balaban J connectivity index is 3.47. The van der Waals surface area contributed by atoms with Gasteiger partial charge in [-0.2, -0.15) is 0 Å². The van der Waals surface area contributed by atoms with Gasteiger partial charge >= 0.3 is 0 Å². The van der Waals surface area contributed by atoms with Crippen molar-refractivity contribution in [2.24, 2.45) is 0 Å². The minimum absolute atomic E-state index is 0.524. The van der Waals surface area contributed by atoms with Crippen LogP contribution < -0.4 is 4.74 Å². The van der Waals surface area contributed by atoms with E-state index in [9.17, 15) is 0 Å². The average Bonchev–Trinajstić information content (AvgIpc) is 2.24. The summed E-state index contributed by atoms with van der Waals surface area (Å²) < 4.78 is 10.6. The fourth-order valence-corrected chi connectivity index (χ4v) is 2.00. The molecule has 84 valence electrons. The first-order chi connectivity index (χ1) is 7.04. The molecular formula is C12H17ClO2. The number of halogens is 1. The summed E-state index contributed by atoms with van der Waals surface area (Å²) in [6, 6.07) is 0. The first-order valence-electron chi connectivity index (χ1n) is 4.85. The Morgan fingerprint density at radius 2 is 1.60 bits per heavy atom. The van der Waals surface area contributed by atoms with Gasteiger partial charge in [0.05, 0.1) is 13.7 Å². The van der Waals surface area contributed by atoms with Crippen LogP contribution >= 0.6 is 11.6 Å². The Morgan fingerprint density at radius 3 is 2.07 bits per heavy atom. The SMILES string of the molecule is COCc1c(C)c(Cl)c(C)c(C)c1OC. The van der Waals surface area contributed by atoms with Crippen LogP contribution in [0.2, 0.25) is 5.02 Å². The first-order valence-corrected chi connectivity index (χ1v) is 5.23. The van der Waals surface area contributed by atoms with Crippen molar-refractivity contribution in [1.82, 2.24) is 0 Å². The molecule has 0 spiro atoms. The summed E-state index contributed by atoms with van der Waals surface area (Å²) in [5.41, 5.74) is 4.23. The van der Waals surface area contributed by atoms with Gasteiger partial charge in [0.1, 0.15) is 5.75 Å². The highest BCUT2D eigenvalue weighted by Gasteiger charge is 2.16. The molecule has 0 aromatic heterocycles. The van der Waals surface area contributed by atoms with E-state index in [1.165, 1.54) is 0 Å². The lowest BCUT2D eigenvalue weighted by molar-refractivity contribution is 0.181. The molecule has 3 heteroatoms. The van der Waals surface area contributed by atoms with Gasteiger partial charge in [0.15, 0.2) is 0 Å². The van der Waals surface area contributed by atoms with E-state index in [0.717, 1.165) is 33.0 Å². The Labute approximate surface area is 96.2 Å². The van der Waals surface area contributed by atoms with Gasteiger partial charge in [-0.25, -0.2) is 0 Å². The maximum Gasteiger partial charge on any atom is 0.127 e. The maximum atomic E-state index is 6.24. The molecular weight excluding hydrogens is 212 g/mol. The second kappa shape index (κ2) is 4.86. The number of methoxy groups -OCH3 is 2. The normalized spacial score (nSPS) is 10.5. The van der Waals surface area contributed by atoms with Crippen LogP contribution in [0.1, 0.15) is 22.3 Å². The molecule has 1 aromatic carbocycles. The molecule has 0 unspecified atom stereocenters. The van der Waals surface area contributed by atoms with E-state index in [2.05, 4.69) is 0 Å². The van der Waals surface area contributed by atoms with Gasteiger partial charge in [0.2, 0.25) is 0 Å². The molecule has 0 heterocycles. The van der Waals surface area contributed by atoms with E-state index in [1.54, 1.807) is 14.2 Å². The third-order valence-electron chi connectivity index (χ3n) is 2.78. The fourth-order valence-electron chi connectivity index (χ4n) is 1.74. The van der Waals surface area contributed by atoms with Gasteiger partial charge in [-0.15, -0.1) is 0 Å². The molecule has 0 amide bonds. The van der Waals surface area contributed by atoms with Crippen LogP contribution in [-0.4, -0.2) is 14.2 Å². The van der Waals surface area contributed by atoms with Crippen molar-refractivity contribution in [3.8, 4) is 5.75 Å². The molecule has 1 aromatic rings. The highest BCUT2D eigenvalue weighted by atomic mass is 35.5. The third-order valence-corrected chi connectivity index (χ3v) is 3.35. The van der Waals surface area contributed by atoms with Gasteiger partial charge in [-0.3, -0.25) is 0 Å². The van der Waals surface area contributed by atoms with Crippen molar-refractivity contribution >= 4 is 11.6 Å². The van der Waals surface area contributed by atoms with Crippen molar-refractivity contribution in [2.75, 3.05) is 14.2 Å². The summed E-state index contributed by atoms with van der Waals surface area (Å²) in [5, 5.41) is 0.806. The van der Waals surface area contributed by atoms with Crippen molar-refractivity contribution in [2.45, 2.75) is 27.4 Å². The molecule has 0 aliphatic rings. The molecule has 0 atom stereocenters. The Hall–Kier alpha value is -0.730. The molecule has 0 bridgehead atoms. The Bertz CT molecular complexity index is 373. The van der Waals surface area contributed by atoms with E-state index in [-0.39, 0.29) is 0 Å². The van der Waals surface area contributed by atoms with Crippen LogP contribution in [0.15, 0.2) is 0 Å². The van der Waals surface area contributed by atoms with Crippen LogP contribution in [0.3, 0.4) is 0 Å². The monoisotopic (exact) mass is 228 g/mol. The molecule has 0 saturated heterocycles. The van der Waals surface area contributed by atoms with Crippen LogP contribution in [0.5, 0.6) is 5.75 Å². The van der Waals surface area contributed by atoms with E-state index < -0.39 is 0 Å². The molecule has 2 nitrogen and oxygen atoms in total. The summed E-state index contributed by atoms with van der Waals surface area (Å²) >= 11 is 6.24. The quantitative estimate of drug-likeness (QED) is 0.789. The van der Waals surface area contributed by atoms with Gasteiger partial charge in [-0.05, 0) is 37.5 Å². The standard InChI is InChI=1S/C12H17ClO2/c1-7-8(2)12(15-5)10(6-14-4)9(3)11(7)13/h6H2,1-5H3. The van der Waals surface area contributed by atoms with Crippen LogP contribution in [0, 0.1) is 20.8 Å². The summed E-state index contributed by atoms with van der Waals surface area (Å²) in [6.07, 6.45) is 0. The molecule has 0 N–H and O–H groups in total. The van der Waals surface area contributed by atoms with Gasteiger partial charge in [0, 0.05) is 17.7 Å². The minimum Gasteiger partial charge on any atom is -0.496 e. The zero-order valence-corrected chi connectivity index (χ0v) is 10.7. The van der Waals surface area contributed by atoms with E-state index >= 15 is 0 Å². The Kier molecular flexibility index (Phi) is 4.00. The van der Waals surface area contributed by atoms with Crippen molar-refractivity contribution < 1.29 is 9.47 Å². The highest BCUT2D eigenvalue weighted by Crippen LogP contribution is 2.35. The van der Waals surface area contributed by atoms with Crippen molar-refractivity contribution in [3.63, 3.8) is 0 Å². The average molecular weight is 229 g/mol. The lowest BCUT2D eigenvalue weighted by Crippen LogP contribution is -2.02. The zero-order valence-electron chi connectivity index (χ0n) is 9.90. The van der Waals surface area contributed by atoms with Gasteiger partial charge in [-0.1, -0.05) is 11.6 Å². The van der Waals surface area contributed by atoms with Crippen LogP contribution in [0.25, 0.3) is 0 Å². The molecule has 0 aliphatic heterocycles. The first kappa shape index (κ1) is 12.3. The highest BCUT2D eigenvalue weighted by molar-refractivity contribution is 6.32. The molecule has 1 rings (SSSR count). The lowest BCUT2D eigenvalue weighted by Gasteiger charge is -2.18. The zero-order chi connectivity index (χ0) is 11.6. The van der Waals surface area contributed by atoms with Gasteiger partial charge < -0.3 is 9.47 Å². The number of ether oxygens (including phenoxy) is 2. The van der Waals surface area contributed by atoms with E-state index in [4.69, 9.17) is 21.1 Å². The number of hydrogen-bond donors (Lipinski definition) is 0. The predicted octanol–water partition coefficient (Wildman–Crippen LogP) is 3.42. The molecule has 0 fully saturated rings. The summed E-state index contributed by atoms with van der Waals surface area (Å²) in [5.74, 6) is 0.885. The molecule has 0 radical (unpaired) electrons. The van der Waals surface area contributed by atoms with Gasteiger partial charge in [0.25, 0.3) is 0 Å². The molecule has 0 saturated carbocycles. The summed E-state index contributed by atoms with van der Waals surface area (Å²) in [7, 11) is 3.34. The van der Waals surface area contributed by atoms with Crippen molar-refractivity contribution in [3.05, 3.63) is 27.3 Å². The Morgan fingerprint density at radius 1 is 1.00 bits per heavy atom. The number of hydrogen-bond acceptors (Lipinski definition) is 2. The summed E-state index contributed by atoms with van der Waals surface area (Å²) in [4.78, 5) is 0.